The number of hydrogen-bond acceptors (Lipinski definition) is 4. The van der Waals surface area contributed by atoms with Crippen LogP contribution in [0.15, 0.2) is 18.2 Å². The second-order valence-electron chi connectivity index (χ2n) is 5.52. The van der Waals surface area contributed by atoms with Gasteiger partial charge in [-0.15, -0.1) is 0 Å². The lowest BCUT2D eigenvalue weighted by Gasteiger charge is -2.38. The lowest BCUT2D eigenvalue weighted by molar-refractivity contribution is -0.135. The van der Waals surface area contributed by atoms with E-state index in [1.807, 2.05) is 6.92 Å². The molecule has 1 fully saturated rings. The molecule has 1 aliphatic heterocycles. The normalized spacial score (nSPS) is 17.1. The Balaban J connectivity index is 1.81. The summed E-state index contributed by atoms with van der Waals surface area (Å²) >= 11 is 0. The summed E-state index contributed by atoms with van der Waals surface area (Å²) in [6.07, 6.45) is 0.859. The van der Waals surface area contributed by atoms with Gasteiger partial charge in [0.25, 0.3) is 5.91 Å². The highest BCUT2D eigenvalue weighted by Gasteiger charge is 2.25. The van der Waals surface area contributed by atoms with E-state index in [4.69, 9.17) is 4.74 Å². The molecule has 1 aromatic carbocycles. The molecule has 0 aliphatic carbocycles. The Morgan fingerprint density at radius 2 is 2.00 bits per heavy atom. The summed E-state index contributed by atoms with van der Waals surface area (Å²) in [7, 11) is 0. The fraction of sp³-hybridized carbons (Fsp3) is 0.562. The molecule has 1 heterocycles. The van der Waals surface area contributed by atoms with Crippen LogP contribution in [0.2, 0.25) is 0 Å². The van der Waals surface area contributed by atoms with Crippen LogP contribution in [0.25, 0.3) is 0 Å². The number of aliphatic hydroxyl groups is 1. The molecular weight excluding hydrogens is 306 g/mol. The standard InChI is InChI=1S/C16H22F2N2O3/c1-2-13(10-21)19-5-7-20(8-6-19)16(22)11-23-15-4-3-12(17)9-14(15)18/h3-4,9,13,21H,2,5-8,10-11H2,1H3. The van der Waals surface area contributed by atoms with Crippen LogP contribution < -0.4 is 4.74 Å². The predicted octanol–water partition coefficient (Wildman–Crippen LogP) is 1.26. The zero-order valence-corrected chi connectivity index (χ0v) is 13.2. The largest absolute Gasteiger partial charge is 0.481 e. The van der Waals surface area contributed by atoms with Crippen LogP contribution >= 0.6 is 0 Å². The summed E-state index contributed by atoms with van der Waals surface area (Å²) in [4.78, 5) is 15.9. The molecule has 1 amide bonds. The number of carbonyl (C=O) groups excluding carboxylic acids is 1. The van der Waals surface area contributed by atoms with Crippen molar-refractivity contribution in [2.45, 2.75) is 19.4 Å². The molecule has 5 nitrogen and oxygen atoms in total. The van der Waals surface area contributed by atoms with E-state index in [9.17, 15) is 18.7 Å². The van der Waals surface area contributed by atoms with E-state index < -0.39 is 11.6 Å². The Bertz CT molecular complexity index is 530. The van der Waals surface area contributed by atoms with Crippen LogP contribution in [0.5, 0.6) is 5.75 Å². The smallest absolute Gasteiger partial charge is 0.260 e. The highest BCUT2D eigenvalue weighted by atomic mass is 19.1. The number of aliphatic hydroxyl groups excluding tert-OH is 1. The highest BCUT2D eigenvalue weighted by molar-refractivity contribution is 5.77. The average molecular weight is 328 g/mol. The van der Waals surface area contributed by atoms with Gasteiger partial charge in [0, 0.05) is 38.3 Å². The first-order valence-electron chi connectivity index (χ1n) is 7.75. The molecule has 0 radical (unpaired) electrons. The van der Waals surface area contributed by atoms with Gasteiger partial charge in [-0.1, -0.05) is 6.92 Å². The van der Waals surface area contributed by atoms with Crippen LogP contribution in [0.3, 0.4) is 0 Å². The molecule has 1 atom stereocenters. The summed E-state index contributed by atoms with van der Waals surface area (Å²) in [6.45, 7) is 4.32. The lowest BCUT2D eigenvalue weighted by atomic mass is 10.1. The average Bonchev–Trinajstić information content (AvgIpc) is 2.55. The Hall–Kier alpha value is -1.73. The number of piperazine rings is 1. The van der Waals surface area contributed by atoms with Crippen molar-refractivity contribution in [3.05, 3.63) is 29.8 Å². The van der Waals surface area contributed by atoms with E-state index in [1.165, 1.54) is 6.07 Å². The third-order valence-corrected chi connectivity index (χ3v) is 4.11. The molecular formula is C16H22F2N2O3. The molecule has 0 aromatic heterocycles. The second-order valence-corrected chi connectivity index (χ2v) is 5.52. The van der Waals surface area contributed by atoms with Crippen molar-refractivity contribution in [3.63, 3.8) is 0 Å². The zero-order chi connectivity index (χ0) is 16.8. The number of halogens is 2. The van der Waals surface area contributed by atoms with Gasteiger partial charge in [0.15, 0.2) is 18.2 Å². The molecule has 0 bridgehead atoms. The van der Waals surface area contributed by atoms with Gasteiger partial charge < -0.3 is 14.7 Å². The third kappa shape index (κ3) is 4.62. The van der Waals surface area contributed by atoms with Gasteiger partial charge in [-0.3, -0.25) is 9.69 Å². The molecule has 1 aliphatic rings. The minimum atomic E-state index is -0.823. The van der Waals surface area contributed by atoms with E-state index >= 15 is 0 Å². The van der Waals surface area contributed by atoms with Gasteiger partial charge in [0.1, 0.15) is 5.82 Å². The van der Waals surface area contributed by atoms with E-state index in [0.29, 0.717) is 26.2 Å². The summed E-state index contributed by atoms with van der Waals surface area (Å²) in [5.41, 5.74) is 0. The van der Waals surface area contributed by atoms with Crippen LogP contribution in [-0.4, -0.2) is 66.2 Å². The van der Waals surface area contributed by atoms with Crippen molar-refractivity contribution >= 4 is 5.91 Å². The quantitative estimate of drug-likeness (QED) is 0.854. The highest BCUT2D eigenvalue weighted by Crippen LogP contribution is 2.18. The molecule has 1 saturated heterocycles. The van der Waals surface area contributed by atoms with Crippen molar-refractivity contribution in [3.8, 4) is 5.75 Å². The summed E-state index contributed by atoms with van der Waals surface area (Å²) in [5.74, 6) is -1.88. The topological polar surface area (TPSA) is 53.0 Å². The van der Waals surface area contributed by atoms with E-state index in [0.717, 1.165) is 18.6 Å². The second kappa shape index (κ2) is 8.21. The van der Waals surface area contributed by atoms with Crippen LogP contribution in [0, 0.1) is 11.6 Å². The molecule has 1 unspecified atom stereocenters. The fourth-order valence-corrected chi connectivity index (χ4v) is 2.66. The van der Waals surface area contributed by atoms with Crippen molar-refractivity contribution < 1.29 is 23.4 Å². The molecule has 1 N–H and O–H groups in total. The van der Waals surface area contributed by atoms with Gasteiger partial charge in [0.2, 0.25) is 0 Å². The number of benzene rings is 1. The number of amides is 1. The molecule has 1 aromatic rings. The monoisotopic (exact) mass is 328 g/mol. The van der Waals surface area contributed by atoms with Crippen LogP contribution in [0.1, 0.15) is 13.3 Å². The predicted molar refractivity (Wildman–Crippen MR) is 81.2 cm³/mol. The number of ether oxygens (including phenoxy) is 1. The Morgan fingerprint density at radius 1 is 1.30 bits per heavy atom. The van der Waals surface area contributed by atoms with Crippen LogP contribution in [-0.2, 0) is 4.79 Å². The number of hydrogen-bond donors (Lipinski definition) is 1. The van der Waals surface area contributed by atoms with Crippen molar-refractivity contribution in [1.29, 1.82) is 0 Å². The Kier molecular flexibility index (Phi) is 6.29. The zero-order valence-electron chi connectivity index (χ0n) is 13.2. The minimum Gasteiger partial charge on any atom is -0.481 e. The Labute approximate surface area is 134 Å². The fourth-order valence-electron chi connectivity index (χ4n) is 2.66. The molecule has 128 valence electrons. The molecule has 7 heteroatoms. The summed E-state index contributed by atoms with van der Waals surface area (Å²) in [6, 6.07) is 3.10. The maximum Gasteiger partial charge on any atom is 0.260 e. The maximum absolute atomic E-state index is 13.4. The number of nitrogens with zero attached hydrogens (tertiary/aromatic N) is 2. The first-order valence-corrected chi connectivity index (χ1v) is 7.75. The lowest BCUT2D eigenvalue weighted by Crippen LogP contribution is -2.53. The van der Waals surface area contributed by atoms with Gasteiger partial charge in [-0.05, 0) is 18.6 Å². The van der Waals surface area contributed by atoms with Gasteiger partial charge in [-0.2, -0.15) is 0 Å². The first kappa shape index (κ1) is 17.6. The number of rotatable bonds is 6. The van der Waals surface area contributed by atoms with Gasteiger partial charge in [-0.25, -0.2) is 8.78 Å². The maximum atomic E-state index is 13.4. The molecule has 0 spiro atoms. The summed E-state index contributed by atoms with van der Waals surface area (Å²) < 4.78 is 31.4. The molecule has 2 rings (SSSR count). The summed E-state index contributed by atoms with van der Waals surface area (Å²) in [5, 5.41) is 9.30. The van der Waals surface area contributed by atoms with Gasteiger partial charge in [0.05, 0.1) is 6.61 Å². The molecule has 0 saturated carbocycles. The number of carbonyl (C=O) groups is 1. The van der Waals surface area contributed by atoms with Crippen molar-refractivity contribution in [2.24, 2.45) is 0 Å². The SMILES string of the molecule is CCC(CO)N1CCN(C(=O)COc2ccc(F)cc2F)CC1. The van der Waals surface area contributed by atoms with Crippen LogP contribution in [0.4, 0.5) is 8.78 Å². The van der Waals surface area contributed by atoms with E-state index in [2.05, 4.69) is 4.90 Å². The minimum absolute atomic E-state index is 0.109. The van der Waals surface area contributed by atoms with E-state index in [-0.39, 0.29) is 30.9 Å². The molecule has 23 heavy (non-hydrogen) atoms. The van der Waals surface area contributed by atoms with Crippen molar-refractivity contribution in [2.75, 3.05) is 39.4 Å². The van der Waals surface area contributed by atoms with Gasteiger partial charge >= 0.3 is 0 Å². The third-order valence-electron chi connectivity index (χ3n) is 4.11. The van der Waals surface area contributed by atoms with E-state index in [1.54, 1.807) is 4.90 Å². The Morgan fingerprint density at radius 3 is 2.57 bits per heavy atom. The first-order chi connectivity index (χ1) is 11.0. The van der Waals surface area contributed by atoms with Crippen molar-refractivity contribution in [1.82, 2.24) is 9.80 Å².